The molecule has 0 aromatic heterocycles. The Morgan fingerprint density at radius 3 is 2.48 bits per heavy atom. The van der Waals surface area contributed by atoms with Crippen LogP contribution in [0.3, 0.4) is 0 Å². The van der Waals surface area contributed by atoms with Crippen LogP contribution in [0.5, 0.6) is 5.75 Å². The van der Waals surface area contributed by atoms with Gasteiger partial charge in [-0.05, 0) is 26.0 Å². The smallest absolute Gasteiger partial charge is 0.128 e. The van der Waals surface area contributed by atoms with Crippen molar-refractivity contribution in [1.29, 1.82) is 0 Å². The van der Waals surface area contributed by atoms with Crippen LogP contribution in [0.2, 0.25) is 0 Å². The van der Waals surface area contributed by atoms with Crippen LogP contribution in [-0.4, -0.2) is 49.4 Å². The maximum absolute atomic E-state index is 13.2. The van der Waals surface area contributed by atoms with Crippen LogP contribution in [0.25, 0.3) is 0 Å². The molecule has 6 heteroatoms. The lowest BCUT2D eigenvalue weighted by molar-refractivity contribution is -0.0425. The number of benzene rings is 1. The molecule has 3 atom stereocenters. The van der Waals surface area contributed by atoms with Gasteiger partial charge >= 0.3 is 0 Å². The van der Waals surface area contributed by atoms with Gasteiger partial charge in [0.25, 0.3) is 0 Å². The summed E-state index contributed by atoms with van der Waals surface area (Å²) in [4.78, 5) is 0. The molecule has 1 aromatic rings. The Morgan fingerprint density at radius 2 is 1.86 bits per heavy atom. The summed E-state index contributed by atoms with van der Waals surface area (Å²) < 4.78 is 28.9. The van der Waals surface area contributed by atoms with Crippen molar-refractivity contribution in [2.24, 2.45) is 0 Å². The molecule has 0 amide bonds. The SMILES string of the molecule is COCC(C)OCC(O)COc1cc(F)ccc1[C@H](C)O. The maximum Gasteiger partial charge on any atom is 0.128 e. The molecule has 0 aliphatic rings. The molecule has 1 aromatic carbocycles. The Morgan fingerprint density at radius 1 is 1.14 bits per heavy atom. The van der Waals surface area contributed by atoms with E-state index in [2.05, 4.69) is 0 Å². The fourth-order valence-corrected chi connectivity index (χ4v) is 1.77. The first-order valence-electron chi connectivity index (χ1n) is 6.83. The summed E-state index contributed by atoms with van der Waals surface area (Å²) in [5.74, 6) is -0.247. The molecule has 0 aliphatic carbocycles. The van der Waals surface area contributed by atoms with Crippen molar-refractivity contribution < 1.29 is 28.8 Å². The van der Waals surface area contributed by atoms with Gasteiger partial charge < -0.3 is 24.4 Å². The van der Waals surface area contributed by atoms with Crippen molar-refractivity contribution >= 4 is 0 Å². The molecule has 21 heavy (non-hydrogen) atoms. The first-order valence-corrected chi connectivity index (χ1v) is 6.83. The van der Waals surface area contributed by atoms with E-state index in [9.17, 15) is 14.6 Å². The van der Waals surface area contributed by atoms with E-state index in [0.29, 0.717) is 12.2 Å². The van der Waals surface area contributed by atoms with Gasteiger partial charge in [0.05, 0.1) is 25.4 Å². The second-order valence-electron chi connectivity index (χ2n) is 4.92. The molecule has 2 unspecified atom stereocenters. The van der Waals surface area contributed by atoms with Crippen LogP contribution in [0.1, 0.15) is 25.5 Å². The van der Waals surface area contributed by atoms with E-state index in [-0.39, 0.29) is 25.1 Å². The van der Waals surface area contributed by atoms with Gasteiger partial charge in [-0.1, -0.05) is 0 Å². The summed E-state index contributed by atoms with van der Waals surface area (Å²) in [6.45, 7) is 3.86. The van der Waals surface area contributed by atoms with Gasteiger partial charge in [-0.15, -0.1) is 0 Å². The van der Waals surface area contributed by atoms with Gasteiger partial charge in [-0.3, -0.25) is 0 Å². The van der Waals surface area contributed by atoms with Crippen LogP contribution >= 0.6 is 0 Å². The Balaban J connectivity index is 2.49. The van der Waals surface area contributed by atoms with Crippen molar-refractivity contribution in [3.63, 3.8) is 0 Å². The van der Waals surface area contributed by atoms with Gasteiger partial charge in [-0.25, -0.2) is 4.39 Å². The number of halogens is 1. The molecule has 0 fully saturated rings. The zero-order valence-electron chi connectivity index (χ0n) is 12.6. The van der Waals surface area contributed by atoms with E-state index >= 15 is 0 Å². The van der Waals surface area contributed by atoms with E-state index in [0.717, 1.165) is 0 Å². The average molecular weight is 302 g/mol. The predicted octanol–water partition coefficient (Wildman–Crippen LogP) is 1.67. The molecule has 0 saturated heterocycles. The van der Waals surface area contributed by atoms with Crippen molar-refractivity contribution in [1.82, 2.24) is 0 Å². The Bertz CT molecular complexity index is 425. The standard InChI is InChI=1S/C15H23FO5/c1-10(7-19-3)20-8-13(18)9-21-15-6-12(16)4-5-14(15)11(2)17/h4-6,10-11,13,17-18H,7-9H2,1-3H3/t10?,11-,13?/m0/s1. The molecule has 0 bridgehead atoms. The predicted molar refractivity (Wildman–Crippen MR) is 75.8 cm³/mol. The summed E-state index contributed by atoms with van der Waals surface area (Å²) in [5.41, 5.74) is 0.470. The van der Waals surface area contributed by atoms with Crippen LogP contribution in [0.4, 0.5) is 4.39 Å². The largest absolute Gasteiger partial charge is 0.490 e. The van der Waals surface area contributed by atoms with Crippen LogP contribution in [-0.2, 0) is 9.47 Å². The van der Waals surface area contributed by atoms with E-state index < -0.39 is 18.0 Å². The van der Waals surface area contributed by atoms with Gasteiger partial charge in [-0.2, -0.15) is 0 Å². The molecule has 120 valence electrons. The number of hydrogen-bond acceptors (Lipinski definition) is 5. The lowest BCUT2D eigenvalue weighted by Gasteiger charge is -2.18. The normalized spacial score (nSPS) is 15.5. The molecular weight excluding hydrogens is 279 g/mol. The maximum atomic E-state index is 13.2. The number of aliphatic hydroxyl groups is 2. The zero-order chi connectivity index (χ0) is 15.8. The minimum atomic E-state index is -0.852. The molecule has 0 spiro atoms. The highest BCUT2D eigenvalue weighted by Crippen LogP contribution is 2.26. The topological polar surface area (TPSA) is 68.2 Å². The third-order valence-corrected chi connectivity index (χ3v) is 2.83. The first kappa shape index (κ1) is 17.8. The van der Waals surface area contributed by atoms with E-state index in [1.807, 2.05) is 6.92 Å². The highest BCUT2D eigenvalue weighted by Gasteiger charge is 2.13. The highest BCUT2D eigenvalue weighted by molar-refractivity contribution is 5.35. The van der Waals surface area contributed by atoms with Gasteiger partial charge in [0.1, 0.15) is 24.3 Å². The fraction of sp³-hybridized carbons (Fsp3) is 0.600. The Hall–Kier alpha value is -1.21. The highest BCUT2D eigenvalue weighted by atomic mass is 19.1. The number of hydrogen-bond donors (Lipinski definition) is 2. The zero-order valence-corrected chi connectivity index (χ0v) is 12.6. The molecule has 0 saturated carbocycles. The molecule has 0 heterocycles. The van der Waals surface area contributed by atoms with Crippen LogP contribution in [0.15, 0.2) is 18.2 Å². The van der Waals surface area contributed by atoms with Gasteiger partial charge in [0.15, 0.2) is 0 Å². The molecule has 2 N–H and O–H groups in total. The molecule has 5 nitrogen and oxygen atoms in total. The fourth-order valence-electron chi connectivity index (χ4n) is 1.77. The summed E-state index contributed by atoms with van der Waals surface area (Å²) in [5, 5.41) is 19.4. The van der Waals surface area contributed by atoms with E-state index in [1.54, 1.807) is 14.0 Å². The minimum absolute atomic E-state index is 0.0527. The van der Waals surface area contributed by atoms with Gasteiger partial charge in [0, 0.05) is 18.7 Å². The van der Waals surface area contributed by atoms with E-state index in [1.165, 1.54) is 18.2 Å². The Labute approximate surface area is 124 Å². The second-order valence-corrected chi connectivity index (χ2v) is 4.92. The summed E-state index contributed by atoms with van der Waals surface area (Å²) >= 11 is 0. The van der Waals surface area contributed by atoms with E-state index in [4.69, 9.17) is 14.2 Å². The van der Waals surface area contributed by atoms with Gasteiger partial charge in [0.2, 0.25) is 0 Å². The number of ether oxygens (including phenoxy) is 3. The second kappa shape index (κ2) is 8.94. The van der Waals surface area contributed by atoms with Crippen LogP contribution in [0, 0.1) is 5.82 Å². The van der Waals surface area contributed by atoms with Crippen LogP contribution < -0.4 is 4.74 Å². The van der Waals surface area contributed by atoms with Crippen molar-refractivity contribution in [2.45, 2.75) is 32.2 Å². The van der Waals surface area contributed by atoms with Crippen molar-refractivity contribution in [2.75, 3.05) is 26.9 Å². The number of aliphatic hydroxyl groups excluding tert-OH is 2. The average Bonchev–Trinajstić information content (AvgIpc) is 2.43. The lowest BCUT2D eigenvalue weighted by atomic mass is 10.1. The summed E-state index contributed by atoms with van der Waals surface area (Å²) in [6.07, 6.45) is -1.77. The first-order chi connectivity index (χ1) is 9.93. The summed E-state index contributed by atoms with van der Waals surface area (Å²) in [6, 6.07) is 3.89. The molecular formula is C15H23FO5. The number of methoxy groups -OCH3 is 1. The lowest BCUT2D eigenvalue weighted by Crippen LogP contribution is -2.27. The van der Waals surface area contributed by atoms with Crippen molar-refractivity contribution in [3.8, 4) is 5.75 Å². The van der Waals surface area contributed by atoms with Crippen molar-refractivity contribution in [3.05, 3.63) is 29.6 Å². The number of rotatable bonds is 9. The molecule has 0 aliphatic heterocycles. The Kier molecular flexibility index (Phi) is 7.60. The monoisotopic (exact) mass is 302 g/mol. The quantitative estimate of drug-likeness (QED) is 0.726. The molecule has 0 radical (unpaired) electrons. The third kappa shape index (κ3) is 6.39. The summed E-state index contributed by atoms with van der Waals surface area (Å²) in [7, 11) is 1.57. The minimum Gasteiger partial charge on any atom is -0.490 e. The third-order valence-electron chi connectivity index (χ3n) is 2.83. The molecule has 1 rings (SSSR count).